The Morgan fingerprint density at radius 2 is 2.07 bits per heavy atom. The second-order valence-corrected chi connectivity index (χ2v) is 5.49. The molecule has 0 fully saturated rings. The fraction of sp³-hybridized carbons (Fsp3) is 0.538. The van der Waals surface area contributed by atoms with Crippen molar-refractivity contribution >= 4 is 11.3 Å². The molecule has 0 saturated heterocycles. The van der Waals surface area contributed by atoms with E-state index in [4.69, 9.17) is 6.42 Å². The molecule has 0 atom stereocenters. The zero-order valence-electron chi connectivity index (χ0n) is 8.89. The predicted molar refractivity (Wildman–Crippen MR) is 62.8 cm³/mol. The van der Waals surface area contributed by atoms with Crippen molar-refractivity contribution in [1.29, 1.82) is 0 Å². The Balaban J connectivity index is 2.46. The van der Waals surface area contributed by atoms with Gasteiger partial charge in [-0.1, -0.05) is 5.92 Å². The summed E-state index contributed by atoms with van der Waals surface area (Å²) in [6, 6.07) is 0. The topological polar surface area (TPSA) is 0 Å². The van der Waals surface area contributed by atoms with Gasteiger partial charge in [0, 0.05) is 4.88 Å². The number of terminal acetylenes is 1. The largest absolute Gasteiger partial charge is 0.148 e. The molecule has 0 spiro atoms. The molecule has 14 heavy (non-hydrogen) atoms. The second kappa shape index (κ2) is 3.44. The number of hydrogen-bond donors (Lipinski definition) is 0. The lowest BCUT2D eigenvalue weighted by Crippen LogP contribution is -2.16. The van der Waals surface area contributed by atoms with E-state index in [1.54, 1.807) is 10.4 Å². The fourth-order valence-electron chi connectivity index (χ4n) is 2.10. The predicted octanol–water partition coefficient (Wildman–Crippen LogP) is 3.54. The molecule has 0 amide bonds. The molecule has 1 aromatic heterocycles. The van der Waals surface area contributed by atoms with Crippen LogP contribution in [0.5, 0.6) is 0 Å². The Kier molecular flexibility index (Phi) is 2.41. The van der Waals surface area contributed by atoms with Crippen molar-refractivity contribution in [2.45, 2.75) is 44.9 Å². The first-order valence-electron chi connectivity index (χ1n) is 5.22. The zero-order valence-corrected chi connectivity index (χ0v) is 9.71. The molecule has 74 valence electrons. The number of aryl methyl sites for hydroxylation is 1. The summed E-state index contributed by atoms with van der Waals surface area (Å²) in [4.78, 5) is 1.58. The lowest BCUT2D eigenvalue weighted by atomic mass is 9.81. The highest BCUT2D eigenvalue weighted by molar-refractivity contribution is 7.10. The Morgan fingerprint density at radius 3 is 2.79 bits per heavy atom. The Labute approximate surface area is 90.3 Å². The minimum absolute atomic E-state index is 0.0819. The molecule has 1 aliphatic rings. The van der Waals surface area contributed by atoms with E-state index in [9.17, 15) is 0 Å². The molecule has 0 aromatic carbocycles. The third-order valence-electron chi connectivity index (χ3n) is 3.10. The second-order valence-electron chi connectivity index (χ2n) is 4.53. The fourth-order valence-corrected chi connectivity index (χ4v) is 3.41. The minimum Gasteiger partial charge on any atom is -0.148 e. The van der Waals surface area contributed by atoms with Crippen molar-refractivity contribution in [3.63, 3.8) is 0 Å². The van der Waals surface area contributed by atoms with Gasteiger partial charge in [0.1, 0.15) is 0 Å². The van der Waals surface area contributed by atoms with Gasteiger partial charge >= 0.3 is 0 Å². The molecule has 1 heterocycles. The van der Waals surface area contributed by atoms with Crippen LogP contribution in [0.1, 0.15) is 42.7 Å². The molecule has 0 aliphatic heterocycles. The van der Waals surface area contributed by atoms with Crippen molar-refractivity contribution in [1.82, 2.24) is 0 Å². The maximum atomic E-state index is 5.59. The van der Waals surface area contributed by atoms with Crippen molar-refractivity contribution < 1.29 is 0 Å². The van der Waals surface area contributed by atoms with Crippen LogP contribution in [0.4, 0.5) is 0 Å². The third kappa shape index (κ3) is 1.48. The number of thiophene rings is 1. The summed E-state index contributed by atoms with van der Waals surface area (Å²) in [7, 11) is 0. The highest BCUT2D eigenvalue weighted by atomic mass is 32.1. The van der Waals surface area contributed by atoms with Gasteiger partial charge in [-0.3, -0.25) is 0 Å². The van der Waals surface area contributed by atoms with Crippen LogP contribution >= 0.6 is 11.3 Å². The quantitative estimate of drug-likeness (QED) is 0.614. The number of rotatable bonds is 1. The van der Waals surface area contributed by atoms with E-state index >= 15 is 0 Å². The lowest BCUT2D eigenvalue weighted by Gasteiger charge is -2.21. The average molecular weight is 204 g/mol. The molecule has 0 saturated carbocycles. The molecular formula is C13H16S. The summed E-state index contributed by atoms with van der Waals surface area (Å²) in [6.07, 6.45) is 10.8. The van der Waals surface area contributed by atoms with Crippen LogP contribution in [0, 0.1) is 12.3 Å². The first-order valence-corrected chi connectivity index (χ1v) is 6.10. The lowest BCUT2D eigenvalue weighted by molar-refractivity contribution is 0.650. The Morgan fingerprint density at radius 1 is 1.36 bits per heavy atom. The Hall–Kier alpha value is -0.740. The Bertz CT molecular complexity index is 376. The van der Waals surface area contributed by atoms with Gasteiger partial charge in [-0.2, -0.15) is 0 Å². The van der Waals surface area contributed by atoms with Gasteiger partial charge in [-0.05, 0) is 56.0 Å². The maximum absolute atomic E-state index is 5.59. The van der Waals surface area contributed by atoms with E-state index in [1.807, 2.05) is 11.3 Å². The molecule has 0 unspecified atom stereocenters. The highest BCUT2D eigenvalue weighted by Gasteiger charge is 2.25. The van der Waals surface area contributed by atoms with Gasteiger partial charge < -0.3 is 0 Å². The van der Waals surface area contributed by atoms with Crippen LogP contribution in [0.15, 0.2) is 5.38 Å². The van der Waals surface area contributed by atoms with E-state index in [0.717, 1.165) is 0 Å². The maximum Gasteiger partial charge on any atom is 0.0515 e. The van der Waals surface area contributed by atoms with E-state index in [2.05, 4.69) is 25.1 Å². The van der Waals surface area contributed by atoms with Crippen molar-refractivity contribution in [3.05, 3.63) is 21.4 Å². The van der Waals surface area contributed by atoms with Gasteiger partial charge in [-0.15, -0.1) is 17.8 Å². The van der Waals surface area contributed by atoms with Crippen molar-refractivity contribution in [2.75, 3.05) is 0 Å². The minimum atomic E-state index is -0.0819. The summed E-state index contributed by atoms with van der Waals surface area (Å²) in [5.74, 6) is 2.90. The molecule has 2 rings (SSSR count). The van der Waals surface area contributed by atoms with Gasteiger partial charge in [0.05, 0.1) is 5.41 Å². The number of hydrogen-bond acceptors (Lipinski definition) is 1. The first-order chi connectivity index (χ1) is 6.65. The van der Waals surface area contributed by atoms with Crippen LogP contribution in [0.3, 0.4) is 0 Å². The molecule has 1 heteroatoms. The summed E-state index contributed by atoms with van der Waals surface area (Å²) in [5, 5.41) is 2.27. The van der Waals surface area contributed by atoms with E-state index < -0.39 is 0 Å². The van der Waals surface area contributed by atoms with E-state index in [-0.39, 0.29) is 5.41 Å². The zero-order chi connectivity index (χ0) is 10.2. The molecule has 0 nitrogen and oxygen atoms in total. The molecule has 0 radical (unpaired) electrons. The van der Waals surface area contributed by atoms with Crippen LogP contribution in [0.2, 0.25) is 0 Å². The van der Waals surface area contributed by atoms with Crippen molar-refractivity contribution in [3.8, 4) is 12.3 Å². The van der Waals surface area contributed by atoms with Gasteiger partial charge in [0.15, 0.2) is 0 Å². The highest BCUT2D eigenvalue weighted by Crippen LogP contribution is 2.36. The van der Waals surface area contributed by atoms with Gasteiger partial charge in [0.25, 0.3) is 0 Å². The first kappa shape index (κ1) is 9.80. The standard InChI is InChI=1S/C13H16S/c1-4-13(2,3)11-9-14-12-8-6-5-7-10(11)12/h1,9H,5-8H2,2-3H3. The third-order valence-corrected chi connectivity index (χ3v) is 4.18. The number of fused-ring (bicyclic) bond motifs is 1. The normalized spacial score (nSPS) is 16.1. The molecular weight excluding hydrogens is 188 g/mol. The summed E-state index contributed by atoms with van der Waals surface area (Å²) in [5.41, 5.74) is 2.88. The van der Waals surface area contributed by atoms with Gasteiger partial charge in [0.2, 0.25) is 0 Å². The molecule has 0 bridgehead atoms. The monoisotopic (exact) mass is 204 g/mol. The average Bonchev–Trinajstić information content (AvgIpc) is 2.61. The molecule has 1 aromatic rings. The van der Waals surface area contributed by atoms with E-state index in [0.29, 0.717) is 0 Å². The van der Waals surface area contributed by atoms with Crippen LogP contribution < -0.4 is 0 Å². The van der Waals surface area contributed by atoms with Crippen LogP contribution in [0.25, 0.3) is 0 Å². The SMILES string of the molecule is C#CC(C)(C)c1csc2c1CCCC2. The molecule has 1 aliphatic carbocycles. The summed E-state index contributed by atoms with van der Waals surface area (Å²) >= 11 is 1.90. The summed E-state index contributed by atoms with van der Waals surface area (Å²) in [6.45, 7) is 4.29. The summed E-state index contributed by atoms with van der Waals surface area (Å²) < 4.78 is 0. The smallest absolute Gasteiger partial charge is 0.0515 e. The van der Waals surface area contributed by atoms with Crippen LogP contribution in [-0.4, -0.2) is 0 Å². The van der Waals surface area contributed by atoms with Crippen molar-refractivity contribution in [2.24, 2.45) is 0 Å². The van der Waals surface area contributed by atoms with Gasteiger partial charge in [-0.25, -0.2) is 0 Å². The van der Waals surface area contributed by atoms with E-state index in [1.165, 1.54) is 31.2 Å². The van der Waals surface area contributed by atoms with Crippen LogP contribution in [-0.2, 0) is 18.3 Å². The molecule has 0 N–H and O–H groups in total.